The Labute approximate surface area is 157 Å². The molecule has 0 aliphatic carbocycles. The first-order chi connectivity index (χ1) is 13.1. The van der Waals surface area contributed by atoms with Crippen molar-refractivity contribution in [3.63, 3.8) is 0 Å². The van der Waals surface area contributed by atoms with Crippen LogP contribution >= 0.6 is 0 Å². The second kappa shape index (κ2) is 8.40. The molecule has 0 fully saturated rings. The minimum Gasteiger partial charge on any atom is -0.496 e. The third-order valence-electron chi connectivity index (χ3n) is 4.38. The first kappa shape index (κ1) is 18.5. The number of H-pyrrole nitrogens is 1. The zero-order chi connectivity index (χ0) is 19.2. The summed E-state index contributed by atoms with van der Waals surface area (Å²) in [6.07, 6.45) is 0.742. The summed E-state index contributed by atoms with van der Waals surface area (Å²) >= 11 is 0. The lowest BCUT2D eigenvalue weighted by atomic mass is 10.1. The van der Waals surface area contributed by atoms with E-state index < -0.39 is 0 Å². The van der Waals surface area contributed by atoms with Gasteiger partial charge in [0.15, 0.2) is 0 Å². The van der Waals surface area contributed by atoms with E-state index in [-0.39, 0.29) is 11.5 Å². The molecule has 6 nitrogen and oxygen atoms in total. The van der Waals surface area contributed by atoms with Crippen LogP contribution in [0.15, 0.2) is 53.3 Å². The molecule has 0 saturated carbocycles. The van der Waals surface area contributed by atoms with Crippen LogP contribution in [0, 0.1) is 0 Å². The molecule has 0 aliphatic rings. The first-order valence-corrected chi connectivity index (χ1v) is 8.70. The van der Waals surface area contributed by atoms with Gasteiger partial charge in [-0.25, -0.2) is 0 Å². The van der Waals surface area contributed by atoms with E-state index in [0.29, 0.717) is 42.0 Å². The third kappa shape index (κ3) is 4.28. The van der Waals surface area contributed by atoms with Crippen molar-refractivity contribution < 1.29 is 14.3 Å². The highest BCUT2D eigenvalue weighted by atomic mass is 16.5. The molecular formula is C21H22N2O4. The van der Waals surface area contributed by atoms with Crippen molar-refractivity contribution in [3.8, 4) is 11.5 Å². The fourth-order valence-electron chi connectivity index (χ4n) is 3.00. The largest absolute Gasteiger partial charge is 0.496 e. The number of benzene rings is 2. The molecule has 2 N–H and O–H groups in total. The molecule has 27 heavy (non-hydrogen) atoms. The standard InChI is InChI=1S/C21H22N2O4/c1-26-17-8-9-18(27-2)20-16(17)13-15(21(25)23-20)10-11-22-19(24)12-14-6-4-3-5-7-14/h3-9,13H,10-12H2,1-2H3,(H,22,24)(H,23,25). The van der Waals surface area contributed by atoms with E-state index in [4.69, 9.17) is 9.47 Å². The lowest BCUT2D eigenvalue weighted by Gasteiger charge is -2.11. The molecule has 2 aromatic carbocycles. The SMILES string of the molecule is COc1ccc(OC)c2[nH]c(=O)c(CCNC(=O)Cc3ccccc3)cc12. The first-order valence-electron chi connectivity index (χ1n) is 8.70. The van der Waals surface area contributed by atoms with Crippen molar-refractivity contribution in [2.24, 2.45) is 0 Å². The summed E-state index contributed by atoms with van der Waals surface area (Å²) in [5.41, 5.74) is 1.93. The number of ether oxygens (including phenoxy) is 2. The smallest absolute Gasteiger partial charge is 0.251 e. The van der Waals surface area contributed by atoms with Gasteiger partial charge in [-0.3, -0.25) is 9.59 Å². The summed E-state index contributed by atoms with van der Waals surface area (Å²) in [7, 11) is 3.13. The number of aromatic nitrogens is 1. The molecule has 0 aliphatic heterocycles. The molecule has 140 valence electrons. The van der Waals surface area contributed by atoms with Crippen LogP contribution in [-0.4, -0.2) is 31.7 Å². The van der Waals surface area contributed by atoms with Gasteiger partial charge in [0.1, 0.15) is 11.5 Å². The van der Waals surface area contributed by atoms with Gasteiger partial charge in [-0.2, -0.15) is 0 Å². The summed E-state index contributed by atoms with van der Waals surface area (Å²) in [6, 6.07) is 14.9. The molecule has 0 saturated heterocycles. The predicted octanol–water partition coefficient (Wildman–Crippen LogP) is 2.45. The Morgan fingerprint density at radius 1 is 1.04 bits per heavy atom. The second-order valence-electron chi connectivity index (χ2n) is 6.14. The molecule has 0 unspecified atom stereocenters. The number of rotatable bonds is 7. The van der Waals surface area contributed by atoms with Gasteiger partial charge in [0.2, 0.25) is 5.91 Å². The summed E-state index contributed by atoms with van der Waals surface area (Å²) in [5.74, 6) is 1.15. The van der Waals surface area contributed by atoms with E-state index in [2.05, 4.69) is 10.3 Å². The minimum absolute atomic E-state index is 0.0716. The normalized spacial score (nSPS) is 10.6. The van der Waals surface area contributed by atoms with Crippen molar-refractivity contribution in [2.75, 3.05) is 20.8 Å². The van der Waals surface area contributed by atoms with Crippen LogP contribution in [-0.2, 0) is 17.6 Å². The van der Waals surface area contributed by atoms with Crippen molar-refractivity contribution in [2.45, 2.75) is 12.8 Å². The Balaban J connectivity index is 1.72. The topological polar surface area (TPSA) is 80.4 Å². The zero-order valence-corrected chi connectivity index (χ0v) is 15.4. The Hall–Kier alpha value is -3.28. The van der Waals surface area contributed by atoms with E-state index >= 15 is 0 Å². The van der Waals surface area contributed by atoms with Gasteiger partial charge in [-0.15, -0.1) is 0 Å². The van der Waals surface area contributed by atoms with E-state index in [9.17, 15) is 9.59 Å². The number of fused-ring (bicyclic) bond motifs is 1. The molecule has 1 heterocycles. The van der Waals surface area contributed by atoms with Gasteiger partial charge in [-0.05, 0) is 30.2 Å². The average molecular weight is 366 g/mol. The molecule has 0 bridgehead atoms. The highest BCUT2D eigenvalue weighted by Gasteiger charge is 2.12. The number of aromatic amines is 1. The van der Waals surface area contributed by atoms with E-state index in [1.54, 1.807) is 32.4 Å². The van der Waals surface area contributed by atoms with Gasteiger partial charge < -0.3 is 19.8 Å². The lowest BCUT2D eigenvalue weighted by Crippen LogP contribution is -2.28. The Morgan fingerprint density at radius 2 is 1.74 bits per heavy atom. The Morgan fingerprint density at radius 3 is 2.44 bits per heavy atom. The van der Waals surface area contributed by atoms with Gasteiger partial charge in [0, 0.05) is 17.5 Å². The van der Waals surface area contributed by atoms with Gasteiger partial charge in [0.25, 0.3) is 5.56 Å². The number of amides is 1. The number of hydrogen-bond acceptors (Lipinski definition) is 4. The monoisotopic (exact) mass is 366 g/mol. The Kier molecular flexibility index (Phi) is 5.76. The maximum Gasteiger partial charge on any atom is 0.251 e. The van der Waals surface area contributed by atoms with Crippen molar-refractivity contribution >= 4 is 16.8 Å². The van der Waals surface area contributed by atoms with Crippen LogP contribution in [0.5, 0.6) is 11.5 Å². The van der Waals surface area contributed by atoms with Crippen molar-refractivity contribution in [1.82, 2.24) is 10.3 Å². The summed E-state index contributed by atoms with van der Waals surface area (Å²) in [4.78, 5) is 27.3. The molecule has 0 radical (unpaired) electrons. The zero-order valence-electron chi connectivity index (χ0n) is 15.4. The van der Waals surface area contributed by atoms with Crippen LogP contribution in [0.25, 0.3) is 10.9 Å². The van der Waals surface area contributed by atoms with Gasteiger partial charge in [-0.1, -0.05) is 30.3 Å². The molecule has 3 rings (SSSR count). The lowest BCUT2D eigenvalue weighted by molar-refractivity contribution is -0.120. The number of pyridine rings is 1. The number of carbonyl (C=O) groups excluding carboxylic acids is 1. The fourth-order valence-corrected chi connectivity index (χ4v) is 3.00. The van der Waals surface area contributed by atoms with Gasteiger partial charge in [0.05, 0.1) is 26.2 Å². The molecule has 0 atom stereocenters. The quantitative estimate of drug-likeness (QED) is 0.673. The summed E-state index contributed by atoms with van der Waals surface area (Å²) < 4.78 is 10.7. The van der Waals surface area contributed by atoms with Crippen molar-refractivity contribution in [1.29, 1.82) is 0 Å². The number of carbonyl (C=O) groups is 1. The predicted molar refractivity (Wildman–Crippen MR) is 105 cm³/mol. The fraction of sp³-hybridized carbons (Fsp3) is 0.238. The summed E-state index contributed by atoms with van der Waals surface area (Å²) in [6.45, 7) is 0.381. The maximum absolute atomic E-state index is 12.4. The van der Waals surface area contributed by atoms with Gasteiger partial charge >= 0.3 is 0 Å². The molecular weight excluding hydrogens is 344 g/mol. The van der Waals surface area contributed by atoms with Crippen LogP contribution in [0.1, 0.15) is 11.1 Å². The minimum atomic E-state index is -0.202. The average Bonchev–Trinajstić information content (AvgIpc) is 2.68. The second-order valence-corrected chi connectivity index (χ2v) is 6.14. The molecule has 1 amide bonds. The van der Waals surface area contributed by atoms with Crippen LogP contribution in [0.4, 0.5) is 0 Å². The van der Waals surface area contributed by atoms with E-state index in [1.807, 2.05) is 30.3 Å². The van der Waals surface area contributed by atoms with Crippen LogP contribution in [0.3, 0.4) is 0 Å². The van der Waals surface area contributed by atoms with Crippen LogP contribution in [0.2, 0.25) is 0 Å². The highest BCUT2D eigenvalue weighted by molar-refractivity contribution is 5.90. The summed E-state index contributed by atoms with van der Waals surface area (Å²) in [5, 5.41) is 3.62. The van der Waals surface area contributed by atoms with Crippen LogP contribution < -0.4 is 20.3 Å². The number of hydrogen-bond donors (Lipinski definition) is 2. The van der Waals surface area contributed by atoms with E-state index in [1.165, 1.54) is 0 Å². The molecule has 0 spiro atoms. The third-order valence-corrected chi connectivity index (χ3v) is 4.38. The van der Waals surface area contributed by atoms with Crippen molar-refractivity contribution in [3.05, 3.63) is 70.0 Å². The maximum atomic E-state index is 12.4. The Bertz CT molecular complexity index is 996. The number of methoxy groups -OCH3 is 2. The molecule has 3 aromatic rings. The molecule has 1 aromatic heterocycles. The van der Waals surface area contributed by atoms with E-state index in [0.717, 1.165) is 10.9 Å². The highest BCUT2D eigenvalue weighted by Crippen LogP contribution is 2.31. The molecule has 6 heteroatoms. The number of nitrogens with one attached hydrogen (secondary N) is 2.